The molecule has 0 aliphatic carbocycles. The number of aromatic nitrogens is 2. The molecule has 1 aliphatic rings. The van der Waals surface area contributed by atoms with Gasteiger partial charge in [0.25, 0.3) is 0 Å². The topological polar surface area (TPSA) is 101 Å². The summed E-state index contributed by atoms with van der Waals surface area (Å²) in [7, 11) is 0. The van der Waals surface area contributed by atoms with Crippen LogP contribution in [0, 0.1) is 6.92 Å². The highest BCUT2D eigenvalue weighted by Crippen LogP contribution is 2.24. The average molecular weight is 525 g/mol. The zero-order valence-corrected chi connectivity index (χ0v) is 22.7. The van der Waals surface area contributed by atoms with E-state index in [1.165, 1.54) is 25.9 Å². The molecule has 9 nitrogen and oxygen atoms in total. The minimum absolute atomic E-state index is 0.148. The van der Waals surface area contributed by atoms with Gasteiger partial charge in [0.15, 0.2) is 12.5 Å². The SMILES string of the molecule is Cc1cnc(Nc2ccc(OCCN3CCCC3)cc2)nc1Nc1cccc(ONC(C)(C)C)c1.O=S. The fourth-order valence-corrected chi connectivity index (χ4v) is 3.68. The van der Waals surface area contributed by atoms with Crippen LogP contribution >= 0.6 is 0 Å². The van der Waals surface area contributed by atoms with Crippen LogP contribution in [0.5, 0.6) is 11.5 Å². The second-order valence-corrected chi connectivity index (χ2v) is 9.88. The van der Waals surface area contributed by atoms with Gasteiger partial charge in [-0.2, -0.15) is 14.7 Å². The first kappa shape index (κ1) is 28.2. The summed E-state index contributed by atoms with van der Waals surface area (Å²) in [5, 5.41) is 6.64. The van der Waals surface area contributed by atoms with Gasteiger partial charge in [0.1, 0.15) is 23.9 Å². The largest absolute Gasteiger partial charge is 0.492 e. The standard InChI is InChI=1S/C27H36N6O2.OS/c1-20-19-28-26(30-21-10-12-23(13-11-21)34-17-16-33-14-5-6-15-33)31-25(20)29-22-8-7-9-24(18-22)35-32-27(2,3)4;1-2/h7-13,18-19,32H,5-6,14-17H2,1-4H3,(H2,28,29,30,31);. The number of anilines is 4. The Labute approximate surface area is 224 Å². The molecule has 0 saturated carbocycles. The predicted octanol–water partition coefficient (Wildman–Crippen LogP) is 5.09. The lowest BCUT2D eigenvalue weighted by atomic mass is 10.1. The molecule has 0 spiro atoms. The van der Waals surface area contributed by atoms with Crippen LogP contribution in [-0.2, 0) is 12.5 Å². The molecule has 2 heterocycles. The predicted molar refractivity (Wildman–Crippen MR) is 149 cm³/mol. The molecule has 3 N–H and O–H groups in total. The van der Waals surface area contributed by atoms with E-state index in [-0.39, 0.29) is 5.54 Å². The molecule has 0 bridgehead atoms. The van der Waals surface area contributed by atoms with Gasteiger partial charge in [0, 0.05) is 41.3 Å². The first-order valence-electron chi connectivity index (χ1n) is 12.4. The lowest BCUT2D eigenvalue weighted by Gasteiger charge is -2.20. The molecule has 0 unspecified atom stereocenters. The molecule has 10 heteroatoms. The van der Waals surface area contributed by atoms with Crippen LogP contribution in [-0.4, -0.2) is 50.9 Å². The summed E-state index contributed by atoms with van der Waals surface area (Å²) in [6, 6.07) is 15.6. The highest BCUT2D eigenvalue weighted by Gasteiger charge is 2.12. The molecule has 1 saturated heterocycles. The summed E-state index contributed by atoms with van der Waals surface area (Å²) in [6.45, 7) is 12.2. The highest BCUT2D eigenvalue weighted by molar-refractivity contribution is 7.44. The molecular weight excluding hydrogens is 488 g/mol. The van der Waals surface area contributed by atoms with Gasteiger partial charge in [-0.3, -0.25) is 4.90 Å². The zero-order chi connectivity index (χ0) is 26.7. The summed E-state index contributed by atoms with van der Waals surface area (Å²) in [5.74, 6) is 2.83. The van der Waals surface area contributed by atoms with Crippen molar-refractivity contribution in [3.63, 3.8) is 0 Å². The molecule has 37 heavy (non-hydrogen) atoms. The van der Waals surface area contributed by atoms with Crippen LogP contribution in [0.3, 0.4) is 0 Å². The van der Waals surface area contributed by atoms with Gasteiger partial charge in [-0.15, -0.1) is 0 Å². The van der Waals surface area contributed by atoms with Crippen molar-refractivity contribution in [2.45, 2.75) is 46.1 Å². The van der Waals surface area contributed by atoms with Gasteiger partial charge in [0.2, 0.25) is 5.95 Å². The van der Waals surface area contributed by atoms with Crippen molar-refractivity contribution in [3.05, 3.63) is 60.3 Å². The number of nitrogens with one attached hydrogen (secondary N) is 3. The van der Waals surface area contributed by atoms with Crippen LogP contribution in [0.4, 0.5) is 23.1 Å². The van der Waals surface area contributed by atoms with E-state index in [2.05, 4.69) is 43.5 Å². The maximum absolute atomic E-state index is 7.83. The summed E-state index contributed by atoms with van der Waals surface area (Å²) in [5.41, 5.74) is 5.60. The van der Waals surface area contributed by atoms with Crippen molar-refractivity contribution >= 4 is 35.7 Å². The molecule has 2 aromatic carbocycles. The highest BCUT2D eigenvalue weighted by atomic mass is 32.1. The molecule has 1 aliphatic heterocycles. The zero-order valence-electron chi connectivity index (χ0n) is 21.9. The van der Waals surface area contributed by atoms with Crippen LogP contribution < -0.4 is 25.7 Å². The number of nitrogens with zero attached hydrogens (tertiary/aromatic N) is 3. The quantitative estimate of drug-likeness (QED) is 0.311. The number of hydrogen-bond donors (Lipinski definition) is 3. The average Bonchev–Trinajstić information content (AvgIpc) is 3.41. The maximum Gasteiger partial charge on any atom is 0.229 e. The smallest absolute Gasteiger partial charge is 0.229 e. The van der Waals surface area contributed by atoms with Crippen molar-refractivity contribution in [2.75, 3.05) is 36.9 Å². The Hall–Kier alpha value is -3.34. The van der Waals surface area contributed by atoms with Gasteiger partial charge in [-0.05, 0) is 90.0 Å². The number of benzene rings is 2. The monoisotopic (exact) mass is 524 g/mol. The Morgan fingerprint density at radius 2 is 1.70 bits per heavy atom. The number of likely N-dealkylation sites (tertiary alicyclic amines) is 1. The Kier molecular flexibility index (Phi) is 10.6. The van der Waals surface area contributed by atoms with E-state index >= 15 is 0 Å². The van der Waals surface area contributed by atoms with Gasteiger partial charge in [-0.25, -0.2) is 4.98 Å². The third kappa shape index (κ3) is 9.56. The van der Waals surface area contributed by atoms with E-state index in [0.29, 0.717) is 12.6 Å². The molecule has 0 amide bonds. The molecule has 0 atom stereocenters. The van der Waals surface area contributed by atoms with Crippen LogP contribution in [0.1, 0.15) is 39.2 Å². The molecule has 4 rings (SSSR count). The third-order valence-corrected chi connectivity index (χ3v) is 5.53. The van der Waals surface area contributed by atoms with E-state index < -0.39 is 0 Å². The molecule has 3 aromatic rings. The summed E-state index contributed by atoms with van der Waals surface area (Å²) in [6.07, 6.45) is 4.40. The Morgan fingerprint density at radius 1 is 0.973 bits per heavy atom. The molecular formula is C27H36N6O3S. The van der Waals surface area contributed by atoms with Crippen molar-refractivity contribution in [3.8, 4) is 11.5 Å². The lowest BCUT2D eigenvalue weighted by molar-refractivity contribution is 0.119. The number of ether oxygens (including phenoxy) is 1. The van der Waals surface area contributed by atoms with Crippen molar-refractivity contribution in [1.29, 1.82) is 0 Å². The van der Waals surface area contributed by atoms with Crippen molar-refractivity contribution in [2.24, 2.45) is 0 Å². The fraction of sp³-hybridized carbons (Fsp3) is 0.407. The van der Waals surface area contributed by atoms with Crippen molar-refractivity contribution in [1.82, 2.24) is 20.3 Å². The number of hydroxylamine groups is 1. The minimum atomic E-state index is -0.148. The van der Waals surface area contributed by atoms with Gasteiger partial charge >= 0.3 is 0 Å². The van der Waals surface area contributed by atoms with E-state index in [0.717, 1.165) is 40.8 Å². The summed E-state index contributed by atoms with van der Waals surface area (Å²) < 4.78 is 13.7. The van der Waals surface area contributed by atoms with E-state index in [4.69, 9.17) is 13.8 Å². The maximum atomic E-state index is 7.83. The van der Waals surface area contributed by atoms with Crippen molar-refractivity contribution < 1.29 is 13.8 Å². The first-order chi connectivity index (χ1) is 17.8. The van der Waals surface area contributed by atoms with Crippen LogP contribution in [0.2, 0.25) is 0 Å². The van der Waals surface area contributed by atoms with Crippen LogP contribution in [0.25, 0.3) is 0 Å². The van der Waals surface area contributed by atoms with Gasteiger partial charge < -0.3 is 20.2 Å². The Morgan fingerprint density at radius 3 is 2.41 bits per heavy atom. The molecule has 1 aromatic heterocycles. The lowest BCUT2D eigenvalue weighted by Crippen LogP contribution is -2.38. The van der Waals surface area contributed by atoms with Crippen LogP contribution in [0.15, 0.2) is 54.7 Å². The minimum Gasteiger partial charge on any atom is -0.492 e. The van der Waals surface area contributed by atoms with E-state index in [1.54, 1.807) is 6.20 Å². The Bertz CT molecular complexity index is 1120. The van der Waals surface area contributed by atoms with Gasteiger partial charge in [0.05, 0.1) is 0 Å². The molecule has 198 valence electrons. The molecule has 1 fully saturated rings. The number of aryl methyl sites for hydroxylation is 1. The number of rotatable bonds is 10. The number of hydrogen-bond acceptors (Lipinski definition) is 10. The third-order valence-electron chi connectivity index (χ3n) is 5.53. The normalized spacial score (nSPS) is 13.4. The van der Waals surface area contributed by atoms with E-state index in [1.807, 2.05) is 76.2 Å². The fourth-order valence-electron chi connectivity index (χ4n) is 3.68. The first-order valence-corrected chi connectivity index (χ1v) is 12.7. The Balaban J connectivity index is 0.00000186. The second kappa shape index (κ2) is 13.8. The second-order valence-electron chi connectivity index (χ2n) is 9.88. The summed E-state index contributed by atoms with van der Waals surface area (Å²) >= 11 is 2.83. The summed E-state index contributed by atoms with van der Waals surface area (Å²) in [4.78, 5) is 17.2. The van der Waals surface area contributed by atoms with Gasteiger partial charge in [-0.1, -0.05) is 6.07 Å². The molecule has 0 radical (unpaired) electrons. The van der Waals surface area contributed by atoms with E-state index in [9.17, 15) is 0 Å².